The first-order valence-electron chi connectivity index (χ1n) is 13.5. The van der Waals surface area contributed by atoms with Crippen molar-refractivity contribution in [1.29, 1.82) is 0 Å². The van der Waals surface area contributed by atoms with Crippen molar-refractivity contribution in [3.05, 3.63) is 24.4 Å². The van der Waals surface area contributed by atoms with Crippen LogP contribution in [0.2, 0.25) is 0 Å². The second-order valence-corrected chi connectivity index (χ2v) is 12.3. The fourth-order valence-corrected chi connectivity index (χ4v) is 8.22. The molecule has 7 heterocycles. The fourth-order valence-electron chi connectivity index (χ4n) is 8.22. The van der Waals surface area contributed by atoms with Crippen molar-refractivity contribution < 1.29 is 19.4 Å². The molecule has 5 unspecified atom stereocenters. The number of pyridine rings is 1. The van der Waals surface area contributed by atoms with Crippen LogP contribution in [0, 0.1) is 5.41 Å². The molecular formula is C27H32N6O4. The number of ether oxygens (including phenoxy) is 2. The molecule has 10 nitrogen and oxygen atoms in total. The number of nitrogens with zero attached hydrogens (tertiary/aromatic N) is 6. The summed E-state index contributed by atoms with van der Waals surface area (Å²) in [4.78, 5) is 32.9. The van der Waals surface area contributed by atoms with Gasteiger partial charge in [-0.2, -0.15) is 9.97 Å². The van der Waals surface area contributed by atoms with Crippen molar-refractivity contribution in [2.24, 2.45) is 5.41 Å². The lowest BCUT2D eigenvalue weighted by Crippen LogP contribution is -2.64. The van der Waals surface area contributed by atoms with Crippen LogP contribution in [-0.4, -0.2) is 92.0 Å². The quantitative estimate of drug-likeness (QED) is 0.632. The number of hydrogen-bond donors (Lipinski definition) is 1. The molecule has 6 aliphatic rings. The molecule has 2 bridgehead atoms. The van der Waals surface area contributed by atoms with Gasteiger partial charge in [-0.25, -0.2) is 9.78 Å². The Labute approximate surface area is 215 Å². The van der Waals surface area contributed by atoms with E-state index in [-0.39, 0.29) is 29.8 Å². The third kappa shape index (κ3) is 3.08. The van der Waals surface area contributed by atoms with Crippen molar-refractivity contribution in [3.8, 4) is 11.9 Å². The summed E-state index contributed by atoms with van der Waals surface area (Å²) in [5, 5.41) is 10.7. The minimum atomic E-state index is -0.858. The first kappa shape index (κ1) is 21.9. The van der Waals surface area contributed by atoms with Gasteiger partial charge in [0.25, 0.3) is 0 Å². The van der Waals surface area contributed by atoms with Gasteiger partial charge in [-0.05, 0) is 56.9 Å². The Morgan fingerprint density at radius 2 is 2.19 bits per heavy atom. The zero-order valence-electron chi connectivity index (χ0n) is 21.1. The lowest BCUT2D eigenvalue weighted by atomic mass is 9.88. The number of amides is 1. The molecule has 0 aromatic carbocycles. The first-order chi connectivity index (χ1) is 17.8. The summed E-state index contributed by atoms with van der Waals surface area (Å²) >= 11 is 0. The number of carbonyl (C=O) groups is 1. The summed E-state index contributed by atoms with van der Waals surface area (Å²) in [5.74, 6) is 1.25. The molecule has 1 spiro atoms. The Bertz CT molecular complexity index is 1350. The molecular weight excluding hydrogens is 472 g/mol. The molecule has 4 saturated heterocycles. The van der Waals surface area contributed by atoms with Crippen LogP contribution in [0.1, 0.15) is 45.4 Å². The van der Waals surface area contributed by atoms with Crippen LogP contribution < -0.4 is 14.4 Å². The smallest absolute Gasteiger partial charge is 0.407 e. The molecule has 194 valence electrons. The van der Waals surface area contributed by atoms with Crippen molar-refractivity contribution >= 4 is 22.8 Å². The maximum absolute atomic E-state index is 12.1. The molecule has 37 heavy (non-hydrogen) atoms. The van der Waals surface area contributed by atoms with E-state index in [1.165, 1.54) is 18.4 Å². The van der Waals surface area contributed by atoms with E-state index in [1.807, 2.05) is 13.0 Å². The summed E-state index contributed by atoms with van der Waals surface area (Å²) in [5.41, 5.74) is 2.47. The molecule has 1 aliphatic carbocycles. The average Bonchev–Trinajstić information content (AvgIpc) is 3.35. The van der Waals surface area contributed by atoms with E-state index < -0.39 is 6.09 Å². The molecule has 8 rings (SSSR count). The highest BCUT2D eigenvalue weighted by molar-refractivity contribution is 5.94. The van der Waals surface area contributed by atoms with Gasteiger partial charge in [-0.3, -0.25) is 9.80 Å². The minimum Gasteiger partial charge on any atom is -0.472 e. The van der Waals surface area contributed by atoms with E-state index in [2.05, 4.69) is 21.4 Å². The number of carboxylic acid groups (broad SMARTS) is 1. The number of rotatable bonds is 3. The van der Waals surface area contributed by atoms with E-state index in [9.17, 15) is 9.90 Å². The Balaban J connectivity index is 1.17. The zero-order valence-corrected chi connectivity index (χ0v) is 21.1. The van der Waals surface area contributed by atoms with Crippen LogP contribution >= 0.6 is 0 Å². The Hall–Kier alpha value is -3.14. The normalized spacial score (nSPS) is 34.9. The molecule has 5 atom stereocenters. The fraction of sp³-hybridized carbons (Fsp3) is 0.630. The topological polar surface area (TPSA) is 104 Å². The van der Waals surface area contributed by atoms with Gasteiger partial charge in [0, 0.05) is 25.8 Å². The number of fused-ring (bicyclic) bond motifs is 6. The van der Waals surface area contributed by atoms with Gasteiger partial charge in [0.2, 0.25) is 5.88 Å². The maximum atomic E-state index is 12.1. The van der Waals surface area contributed by atoms with Gasteiger partial charge in [-0.1, -0.05) is 12.2 Å². The third-order valence-electron chi connectivity index (χ3n) is 9.84. The van der Waals surface area contributed by atoms with E-state index >= 15 is 0 Å². The molecule has 2 aromatic heterocycles. The molecule has 1 amide bonds. The molecule has 5 aliphatic heterocycles. The molecule has 0 radical (unpaired) electrons. The van der Waals surface area contributed by atoms with Crippen molar-refractivity contribution in [3.63, 3.8) is 0 Å². The third-order valence-corrected chi connectivity index (χ3v) is 9.84. The molecule has 10 heteroatoms. The minimum absolute atomic E-state index is 0.0180. The summed E-state index contributed by atoms with van der Waals surface area (Å²) in [6.45, 7) is 9.51. The second kappa shape index (κ2) is 7.24. The summed E-state index contributed by atoms with van der Waals surface area (Å²) < 4.78 is 12.8. The van der Waals surface area contributed by atoms with Gasteiger partial charge < -0.3 is 19.5 Å². The van der Waals surface area contributed by atoms with Crippen molar-refractivity contribution in [1.82, 2.24) is 24.8 Å². The van der Waals surface area contributed by atoms with Crippen LogP contribution in [0.25, 0.3) is 10.9 Å². The summed E-state index contributed by atoms with van der Waals surface area (Å²) in [7, 11) is 0. The molecule has 1 saturated carbocycles. The Kier molecular flexibility index (Phi) is 4.29. The monoisotopic (exact) mass is 504 g/mol. The van der Waals surface area contributed by atoms with E-state index in [0.717, 1.165) is 55.5 Å². The van der Waals surface area contributed by atoms with Gasteiger partial charge in [0.15, 0.2) is 0 Å². The Morgan fingerprint density at radius 3 is 3.00 bits per heavy atom. The predicted octanol–water partition coefficient (Wildman–Crippen LogP) is 3.07. The van der Waals surface area contributed by atoms with Gasteiger partial charge >= 0.3 is 12.1 Å². The largest absolute Gasteiger partial charge is 0.472 e. The van der Waals surface area contributed by atoms with Crippen LogP contribution in [0.3, 0.4) is 0 Å². The highest BCUT2D eigenvalue weighted by atomic mass is 16.5. The predicted molar refractivity (Wildman–Crippen MR) is 135 cm³/mol. The molecule has 5 fully saturated rings. The van der Waals surface area contributed by atoms with E-state index in [1.54, 1.807) is 11.1 Å². The van der Waals surface area contributed by atoms with Gasteiger partial charge in [0.1, 0.15) is 23.9 Å². The maximum Gasteiger partial charge on any atom is 0.407 e. The highest BCUT2D eigenvalue weighted by Crippen LogP contribution is 2.61. The zero-order chi connectivity index (χ0) is 25.1. The second-order valence-electron chi connectivity index (χ2n) is 12.3. The van der Waals surface area contributed by atoms with E-state index in [4.69, 9.17) is 19.4 Å². The lowest BCUT2D eigenvalue weighted by molar-refractivity contribution is 0.0706. The first-order valence-corrected chi connectivity index (χ1v) is 13.5. The van der Waals surface area contributed by atoms with Crippen LogP contribution in [0.4, 0.5) is 10.6 Å². The highest BCUT2D eigenvalue weighted by Gasteiger charge is 2.61. The van der Waals surface area contributed by atoms with Crippen molar-refractivity contribution in [2.75, 3.05) is 31.1 Å². The number of piperazine rings is 1. The van der Waals surface area contributed by atoms with E-state index in [0.29, 0.717) is 30.5 Å². The van der Waals surface area contributed by atoms with Crippen molar-refractivity contribution in [2.45, 2.75) is 75.2 Å². The summed E-state index contributed by atoms with van der Waals surface area (Å²) in [6, 6.07) is 1.87. The van der Waals surface area contributed by atoms with Gasteiger partial charge in [-0.15, -0.1) is 0 Å². The van der Waals surface area contributed by atoms with Crippen LogP contribution in [0.5, 0.6) is 11.9 Å². The number of hydrogen-bond acceptors (Lipinski definition) is 8. The number of anilines is 1. The molecule has 1 N–H and O–H groups in total. The molecule has 2 aromatic rings. The number of aromatic nitrogens is 3. The Morgan fingerprint density at radius 1 is 1.32 bits per heavy atom. The summed E-state index contributed by atoms with van der Waals surface area (Å²) in [6.07, 6.45) is 7.01. The SMILES string of the molecule is C=C1CN2CC3(CC3)CC2(COc2nc3c4c(nccc4n2)OC(C)C2C4CCC(CN32)N4C(=O)O)C1. The van der Waals surface area contributed by atoms with Crippen LogP contribution in [-0.2, 0) is 0 Å². The van der Waals surface area contributed by atoms with Crippen LogP contribution in [0.15, 0.2) is 24.4 Å². The lowest BCUT2D eigenvalue weighted by Gasteiger charge is -2.47. The standard InChI is InChI=1S/C27H32N6O4/c1-15-9-27(12-26(6-7-26)13-31(27)10-15)14-36-24-29-18-5-8-28-23-20(18)22(30-24)32-11-17-3-4-19(33(17)25(34)35)21(32)16(2)37-23/h5,8,16-17,19,21H,1,3-4,6-7,9-14H2,2H3,(H,34,35). The average molecular weight is 505 g/mol. The van der Waals surface area contributed by atoms with Gasteiger partial charge in [0.05, 0.1) is 29.2 Å².